The van der Waals surface area contributed by atoms with Crippen LogP contribution in [0.5, 0.6) is 0 Å². The van der Waals surface area contributed by atoms with Crippen molar-refractivity contribution in [1.29, 1.82) is 0 Å². The van der Waals surface area contributed by atoms with Crippen molar-refractivity contribution in [1.82, 2.24) is 4.90 Å². The van der Waals surface area contributed by atoms with Crippen LogP contribution in [-0.4, -0.2) is 34.6 Å². The Morgan fingerprint density at radius 2 is 2.05 bits per heavy atom. The maximum absolute atomic E-state index is 12.6. The van der Waals surface area contributed by atoms with Crippen LogP contribution in [0.4, 0.5) is 0 Å². The summed E-state index contributed by atoms with van der Waals surface area (Å²) in [5, 5.41) is 9.03. The van der Waals surface area contributed by atoms with Crippen LogP contribution in [0.25, 0.3) is 0 Å². The molecule has 2 heterocycles. The van der Waals surface area contributed by atoms with Crippen LogP contribution < -0.4 is 0 Å². The molecular weight excluding hydrogens is 270 g/mol. The molecule has 0 aromatic heterocycles. The van der Waals surface area contributed by atoms with Gasteiger partial charge in [0.2, 0.25) is 5.91 Å². The molecule has 2 aliphatic rings. The second kappa shape index (κ2) is 5.48. The molecule has 112 valence electrons. The van der Waals surface area contributed by atoms with E-state index in [0.717, 1.165) is 30.6 Å². The van der Waals surface area contributed by atoms with Gasteiger partial charge in [0.15, 0.2) is 0 Å². The summed E-state index contributed by atoms with van der Waals surface area (Å²) in [5.41, 5.74) is 2.25. The predicted molar refractivity (Wildman–Crippen MR) is 75.8 cm³/mol. The molecule has 1 amide bonds. The fourth-order valence-electron chi connectivity index (χ4n) is 3.17. The highest BCUT2D eigenvalue weighted by Gasteiger charge is 2.34. The van der Waals surface area contributed by atoms with Gasteiger partial charge in [-0.1, -0.05) is 6.07 Å². The number of carbonyl (C=O) groups excluding carboxylic acids is 1. The first kappa shape index (κ1) is 14.1. The summed E-state index contributed by atoms with van der Waals surface area (Å²) < 4.78 is 5.57. The van der Waals surface area contributed by atoms with Gasteiger partial charge in [-0.3, -0.25) is 4.79 Å². The molecule has 0 bridgehead atoms. The topological polar surface area (TPSA) is 66.8 Å². The van der Waals surface area contributed by atoms with Crippen LogP contribution in [-0.2, 0) is 22.6 Å². The molecule has 1 aromatic carbocycles. The molecule has 2 unspecified atom stereocenters. The predicted octanol–water partition coefficient (Wildman–Crippen LogP) is 2.04. The molecule has 1 aromatic rings. The average molecular weight is 289 g/mol. The Bertz CT molecular complexity index is 584. The average Bonchev–Trinajstić information content (AvgIpc) is 2.89. The highest BCUT2D eigenvalue weighted by molar-refractivity contribution is 5.88. The lowest BCUT2D eigenvalue weighted by atomic mass is 9.94. The van der Waals surface area contributed by atoms with E-state index in [2.05, 4.69) is 0 Å². The first-order chi connectivity index (χ1) is 10.1. The number of nitrogens with zero attached hydrogens (tertiary/aromatic N) is 1. The second-order valence-corrected chi connectivity index (χ2v) is 5.81. The van der Waals surface area contributed by atoms with Crippen LogP contribution >= 0.6 is 0 Å². The zero-order valence-electron chi connectivity index (χ0n) is 12.0. The molecule has 2 aliphatic heterocycles. The van der Waals surface area contributed by atoms with E-state index in [1.54, 1.807) is 12.1 Å². The SMILES string of the molecule is CC1OCCCC1C(=O)N1Cc2ccc(C(=O)O)cc2C1. The molecular formula is C16H19NO4. The molecule has 0 spiro atoms. The van der Waals surface area contributed by atoms with E-state index in [4.69, 9.17) is 9.84 Å². The highest BCUT2D eigenvalue weighted by atomic mass is 16.5. The van der Waals surface area contributed by atoms with Gasteiger partial charge in [-0.15, -0.1) is 0 Å². The van der Waals surface area contributed by atoms with Crippen molar-refractivity contribution in [2.75, 3.05) is 6.61 Å². The van der Waals surface area contributed by atoms with E-state index >= 15 is 0 Å². The van der Waals surface area contributed by atoms with E-state index in [-0.39, 0.29) is 23.5 Å². The van der Waals surface area contributed by atoms with Gasteiger partial charge in [-0.05, 0) is 43.0 Å². The summed E-state index contributed by atoms with van der Waals surface area (Å²) in [6, 6.07) is 5.08. The van der Waals surface area contributed by atoms with Crippen molar-refractivity contribution in [2.45, 2.75) is 39.0 Å². The quantitative estimate of drug-likeness (QED) is 0.904. The lowest BCUT2D eigenvalue weighted by Crippen LogP contribution is -2.40. The van der Waals surface area contributed by atoms with Gasteiger partial charge < -0.3 is 14.7 Å². The van der Waals surface area contributed by atoms with Gasteiger partial charge in [0.1, 0.15) is 0 Å². The van der Waals surface area contributed by atoms with E-state index in [1.165, 1.54) is 0 Å². The molecule has 1 N–H and O–H groups in total. The molecule has 3 rings (SSSR count). The van der Waals surface area contributed by atoms with Gasteiger partial charge in [0.05, 0.1) is 17.6 Å². The molecule has 1 fully saturated rings. The fourth-order valence-corrected chi connectivity index (χ4v) is 3.17. The number of carbonyl (C=O) groups is 2. The Morgan fingerprint density at radius 3 is 2.76 bits per heavy atom. The van der Waals surface area contributed by atoms with Gasteiger partial charge in [0.25, 0.3) is 0 Å². The minimum atomic E-state index is -0.933. The van der Waals surface area contributed by atoms with E-state index in [1.807, 2.05) is 17.9 Å². The highest BCUT2D eigenvalue weighted by Crippen LogP contribution is 2.29. The third-order valence-corrected chi connectivity index (χ3v) is 4.41. The standard InChI is InChI=1S/C16H19NO4/c1-10-14(3-2-6-21-10)15(18)17-8-12-5-4-11(16(19)20)7-13(12)9-17/h4-5,7,10,14H,2-3,6,8-9H2,1H3,(H,19,20). The first-order valence-corrected chi connectivity index (χ1v) is 7.32. The number of rotatable bonds is 2. The number of carboxylic acid groups (broad SMARTS) is 1. The van der Waals surface area contributed by atoms with Crippen LogP contribution in [0, 0.1) is 5.92 Å². The van der Waals surface area contributed by atoms with Gasteiger partial charge >= 0.3 is 5.97 Å². The van der Waals surface area contributed by atoms with Crippen LogP contribution in [0.3, 0.4) is 0 Å². The Hall–Kier alpha value is -1.88. The Kier molecular flexibility index (Phi) is 3.68. The summed E-state index contributed by atoms with van der Waals surface area (Å²) in [4.78, 5) is 25.4. The maximum Gasteiger partial charge on any atom is 0.335 e. The third kappa shape index (κ3) is 2.65. The number of carboxylic acids is 1. The number of aromatic carboxylic acids is 1. The van der Waals surface area contributed by atoms with Crippen LogP contribution in [0.1, 0.15) is 41.3 Å². The summed E-state index contributed by atoms with van der Waals surface area (Å²) in [6.45, 7) is 3.75. The maximum atomic E-state index is 12.6. The molecule has 2 atom stereocenters. The van der Waals surface area contributed by atoms with Crippen molar-refractivity contribution < 1.29 is 19.4 Å². The van der Waals surface area contributed by atoms with Crippen molar-refractivity contribution in [3.63, 3.8) is 0 Å². The van der Waals surface area contributed by atoms with E-state index in [9.17, 15) is 9.59 Å². The molecule has 0 aliphatic carbocycles. The lowest BCUT2D eigenvalue weighted by molar-refractivity contribution is -0.144. The minimum Gasteiger partial charge on any atom is -0.478 e. The molecule has 0 radical (unpaired) electrons. The molecule has 1 saturated heterocycles. The summed E-state index contributed by atoms with van der Waals surface area (Å²) >= 11 is 0. The number of ether oxygens (including phenoxy) is 1. The number of amides is 1. The monoisotopic (exact) mass is 289 g/mol. The van der Waals surface area contributed by atoms with Crippen molar-refractivity contribution in [2.24, 2.45) is 5.92 Å². The lowest BCUT2D eigenvalue weighted by Gasteiger charge is -2.31. The summed E-state index contributed by atoms with van der Waals surface area (Å²) in [7, 11) is 0. The molecule has 5 nitrogen and oxygen atoms in total. The summed E-state index contributed by atoms with van der Waals surface area (Å²) in [5.74, 6) is -0.890. The van der Waals surface area contributed by atoms with Gasteiger partial charge in [0, 0.05) is 19.7 Å². The van der Waals surface area contributed by atoms with Crippen molar-refractivity contribution in [3.8, 4) is 0 Å². The largest absolute Gasteiger partial charge is 0.478 e. The Labute approximate surface area is 123 Å². The normalized spacial score (nSPS) is 24.7. The minimum absolute atomic E-state index is 0.0375. The number of benzene rings is 1. The first-order valence-electron chi connectivity index (χ1n) is 7.32. The molecule has 21 heavy (non-hydrogen) atoms. The van der Waals surface area contributed by atoms with Crippen LogP contribution in [0.2, 0.25) is 0 Å². The van der Waals surface area contributed by atoms with Gasteiger partial charge in [-0.25, -0.2) is 4.79 Å². The number of hydrogen-bond acceptors (Lipinski definition) is 3. The van der Waals surface area contributed by atoms with Crippen molar-refractivity contribution >= 4 is 11.9 Å². The zero-order valence-corrected chi connectivity index (χ0v) is 12.0. The zero-order chi connectivity index (χ0) is 15.0. The Balaban J connectivity index is 1.74. The number of hydrogen-bond donors (Lipinski definition) is 1. The smallest absolute Gasteiger partial charge is 0.335 e. The van der Waals surface area contributed by atoms with Crippen LogP contribution in [0.15, 0.2) is 18.2 Å². The fraction of sp³-hybridized carbons (Fsp3) is 0.500. The van der Waals surface area contributed by atoms with E-state index < -0.39 is 5.97 Å². The Morgan fingerprint density at radius 1 is 1.29 bits per heavy atom. The molecule has 5 heteroatoms. The number of fused-ring (bicyclic) bond motifs is 1. The second-order valence-electron chi connectivity index (χ2n) is 5.81. The summed E-state index contributed by atoms with van der Waals surface area (Å²) in [6.07, 6.45) is 1.75. The van der Waals surface area contributed by atoms with E-state index in [0.29, 0.717) is 13.1 Å². The molecule has 0 saturated carbocycles. The third-order valence-electron chi connectivity index (χ3n) is 4.41. The van der Waals surface area contributed by atoms with Gasteiger partial charge in [-0.2, -0.15) is 0 Å². The van der Waals surface area contributed by atoms with Crippen molar-refractivity contribution in [3.05, 3.63) is 34.9 Å².